The van der Waals surface area contributed by atoms with Crippen molar-refractivity contribution >= 4 is 40.8 Å². The third-order valence-corrected chi connectivity index (χ3v) is 2.25. The van der Waals surface area contributed by atoms with Gasteiger partial charge in [0.15, 0.2) is 5.82 Å². The van der Waals surface area contributed by atoms with Gasteiger partial charge in [0.25, 0.3) is 0 Å². The molecule has 1 heterocycles. The van der Waals surface area contributed by atoms with E-state index >= 15 is 0 Å². The SMILES string of the molecule is CCCc1nc(NCC)nc(C(Cl)(Cl)Cl)n1. The van der Waals surface area contributed by atoms with Crippen LogP contribution in [-0.2, 0) is 10.2 Å². The highest BCUT2D eigenvalue weighted by molar-refractivity contribution is 6.66. The fourth-order valence-electron chi connectivity index (χ4n) is 1.12. The van der Waals surface area contributed by atoms with Crippen molar-refractivity contribution in [2.24, 2.45) is 0 Å². The molecule has 0 fully saturated rings. The van der Waals surface area contributed by atoms with Gasteiger partial charge in [-0.1, -0.05) is 41.7 Å². The number of hydrogen-bond acceptors (Lipinski definition) is 4. The zero-order valence-corrected chi connectivity index (χ0v) is 11.4. The van der Waals surface area contributed by atoms with Crippen molar-refractivity contribution in [2.75, 3.05) is 11.9 Å². The smallest absolute Gasteiger partial charge is 0.250 e. The van der Waals surface area contributed by atoms with Gasteiger partial charge in [0.2, 0.25) is 9.74 Å². The second-order valence-electron chi connectivity index (χ2n) is 3.18. The first kappa shape index (κ1) is 13.7. The molecule has 0 aromatic carbocycles. The number of nitrogens with one attached hydrogen (secondary N) is 1. The maximum absolute atomic E-state index is 5.75. The van der Waals surface area contributed by atoms with Gasteiger partial charge in [0.05, 0.1) is 0 Å². The molecule has 0 bridgehead atoms. The molecule has 0 aliphatic rings. The Labute approximate surface area is 110 Å². The second kappa shape index (κ2) is 5.84. The van der Waals surface area contributed by atoms with Crippen LogP contribution in [0.3, 0.4) is 0 Å². The standard InChI is InChI=1S/C9H13Cl3N4/c1-3-5-6-14-7(9(10,11)12)16-8(15-6)13-4-2/h3-5H2,1-2H3,(H,13,14,15,16). The topological polar surface area (TPSA) is 50.7 Å². The summed E-state index contributed by atoms with van der Waals surface area (Å²) in [5.74, 6) is 1.24. The lowest BCUT2D eigenvalue weighted by Gasteiger charge is -2.12. The van der Waals surface area contributed by atoms with Crippen molar-refractivity contribution in [3.05, 3.63) is 11.6 Å². The zero-order chi connectivity index (χ0) is 12.2. The van der Waals surface area contributed by atoms with Gasteiger partial charge in [-0.25, -0.2) is 4.98 Å². The number of rotatable bonds is 4. The summed E-state index contributed by atoms with van der Waals surface area (Å²) >= 11 is 17.3. The lowest BCUT2D eigenvalue weighted by Crippen LogP contribution is -2.14. The van der Waals surface area contributed by atoms with Crippen molar-refractivity contribution in [3.63, 3.8) is 0 Å². The summed E-state index contributed by atoms with van der Waals surface area (Å²) < 4.78 is -1.62. The minimum Gasteiger partial charge on any atom is -0.354 e. The summed E-state index contributed by atoms with van der Waals surface area (Å²) in [6.45, 7) is 4.68. The van der Waals surface area contributed by atoms with Crippen LogP contribution in [0.4, 0.5) is 5.95 Å². The summed E-state index contributed by atoms with van der Waals surface area (Å²) in [7, 11) is 0. The average molecular weight is 284 g/mol. The molecule has 1 aromatic rings. The van der Waals surface area contributed by atoms with Gasteiger partial charge >= 0.3 is 0 Å². The molecule has 0 aliphatic heterocycles. The Kier molecular flexibility index (Phi) is 5.02. The second-order valence-corrected chi connectivity index (χ2v) is 5.46. The summed E-state index contributed by atoms with van der Waals surface area (Å²) in [4.78, 5) is 12.4. The molecule has 0 unspecified atom stereocenters. The van der Waals surface area contributed by atoms with Gasteiger partial charge in [-0.15, -0.1) is 0 Å². The van der Waals surface area contributed by atoms with Gasteiger partial charge in [-0.3, -0.25) is 0 Å². The quantitative estimate of drug-likeness (QED) is 0.863. The predicted molar refractivity (Wildman–Crippen MR) is 67.2 cm³/mol. The molecule has 0 radical (unpaired) electrons. The summed E-state index contributed by atoms with van der Waals surface area (Å²) in [5.41, 5.74) is 0. The molecule has 1 N–H and O–H groups in total. The summed E-state index contributed by atoms with van der Waals surface area (Å²) in [5, 5.41) is 2.98. The fraction of sp³-hybridized carbons (Fsp3) is 0.667. The van der Waals surface area contributed by atoms with Crippen molar-refractivity contribution in [2.45, 2.75) is 30.5 Å². The van der Waals surface area contributed by atoms with E-state index in [0.717, 1.165) is 12.8 Å². The maximum Gasteiger partial charge on any atom is 0.250 e. The van der Waals surface area contributed by atoms with Crippen LogP contribution in [0.5, 0.6) is 0 Å². The van der Waals surface area contributed by atoms with Gasteiger partial charge in [-0.05, 0) is 13.3 Å². The monoisotopic (exact) mass is 282 g/mol. The third-order valence-electron chi connectivity index (χ3n) is 1.74. The predicted octanol–water partition coefficient (Wildman–Crippen LogP) is 3.08. The van der Waals surface area contributed by atoms with Crippen LogP contribution in [0.1, 0.15) is 31.9 Å². The van der Waals surface area contributed by atoms with Crippen LogP contribution in [0, 0.1) is 0 Å². The Bertz CT molecular complexity index is 327. The van der Waals surface area contributed by atoms with E-state index in [9.17, 15) is 0 Å². The number of aromatic nitrogens is 3. The number of anilines is 1. The molecular formula is C9H13Cl3N4. The summed E-state index contributed by atoms with van der Waals surface area (Å²) in [6.07, 6.45) is 1.66. The summed E-state index contributed by atoms with van der Waals surface area (Å²) in [6, 6.07) is 0. The van der Waals surface area contributed by atoms with E-state index in [1.807, 2.05) is 13.8 Å². The Hall–Kier alpha value is -0.320. The van der Waals surface area contributed by atoms with Crippen LogP contribution in [-0.4, -0.2) is 21.5 Å². The number of hydrogen-bond donors (Lipinski definition) is 1. The molecule has 7 heteroatoms. The number of aryl methyl sites for hydroxylation is 1. The molecule has 0 aliphatic carbocycles. The molecule has 0 saturated heterocycles. The van der Waals surface area contributed by atoms with E-state index < -0.39 is 3.79 Å². The Morgan fingerprint density at radius 3 is 2.31 bits per heavy atom. The average Bonchev–Trinajstić information content (AvgIpc) is 2.17. The molecule has 4 nitrogen and oxygen atoms in total. The van der Waals surface area contributed by atoms with Gasteiger partial charge < -0.3 is 5.32 Å². The van der Waals surface area contributed by atoms with Crippen LogP contribution >= 0.6 is 34.8 Å². The number of alkyl halides is 3. The molecule has 1 rings (SSSR count). The normalized spacial score (nSPS) is 11.6. The van der Waals surface area contributed by atoms with Gasteiger partial charge in [0, 0.05) is 13.0 Å². The molecular weight excluding hydrogens is 270 g/mol. The molecule has 0 atom stereocenters. The highest BCUT2D eigenvalue weighted by atomic mass is 35.6. The number of halogens is 3. The van der Waals surface area contributed by atoms with E-state index in [1.165, 1.54) is 0 Å². The Balaban J connectivity index is 3.08. The molecule has 0 amide bonds. The molecule has 0 saturated carbocycles. The first-order chi connectivity index (χ1) is 7.47. The van der Waals surface area contributed by atoms with Crippen LogP contribution in [0.25, 0.3) is 0 Å². The highest BCUT2D eigenvalue weighted by Gasteiger charge is 2.28. The zero-order valence-electron chi connectivity index (χ0n) is 9.10. The Morgan fingerprint density at radius 1 is 1.12 bits per heavy atom. The number of nitrogens with zero attached hydrogens (tertiary/aromatic N) is 3. The highest BCUT2D eigenvalue weighted by Crippen LogP contribution is 2.36. The van der Waals surface area contributed by atoms with Crippen LogP contribution in [0.15, 0.2) is 0 Å². The van der Waals surface area contributed by atoms with Crippen molar-refractivity contribution < 1.29 is 0 Å². The van der Waals surface area contributed by atoms with E-state index in [0.29, 0.717) is 18.3 Å². The van der Waals surface area contributed by atoms with E-state index in [2.05, 4.69) is 20.3 Å². The molecule has 1 aromatic heterocycles. The van der Waals surface area contributed by atoms with Crippen LogP contribution in [0.2, 0.25) is 0 Å². The van der Waals surface area contributed by atoms with Gasteiger partial charge in [-0.2, -0.15) is 9.97 Å². The van der Waals surface area contributed by atoms with Crippen LogP contribution < -0.4 is 5.32 Å². The lowest BCUT2D eigenvalue weighted by atomic mass is 10.3. The van der Waals surface area contributed by atoms with E-state index in [4.69, 9.17) is 34.8 Å². The lowest BCUT2D eigenvalue weighted by molar-refractivity contribution is 0.785. The van der Waals surface area contributed by atoms with E-state index in [1.54, 1.807) is 0 Å². The van der Waals surface area contributed by atoms with Crippen molar-refractivity contribution in [1.29, 1.82) is 0 Å². The fourth-order valence-corrected chi connectivity index (χ4v) is 1.37. The Morgan fingerprint density at radius 2 is 1.81 bits per heavy atom. The minimum atomic E-state index is -1.62. The van der Waals surface area contributed by atoms with Gasteiger partial charge in [0.1, 0.15) is 5.82 Å². The first-order valence-electron chi connectivity index (χ1n) is 5.03. The first-order valence-corrected chi connectivity index (χ1v) is 6.16. The largest absolute Gasteiger partial charge is 0.354 e. The van der Waals surface area contributed by atoms with E-state index in [-0.39, 0.29) is 5.82 Å². The van der Waals surface area contributed by atoms with Crippen molar-refractivity contribution in [1.82, 2.24) is 15.0 Å². The molecule has 90 valence electrons. The molecule has 16 heavy (non-hydrogen) atoms. The molecule has 0 spiro atoms. The third kappa shape index (κ3) is 3.92. The maximum atomic E-state index is 5.75. The van der Waals surface area contributed by atoms with Crippen molar-refractivity contribution in [3.8, 4) is 0 Å². The minimum absolute atomic E-state index is 0.159.